The summed E-state index contributed by atoms with van der Waals surface area (Å²) in [4.78, 5) is 35.0. The summed E-state index contributed by atoms with van der Waals surface area (Å²) in [5.74, 6) is 4.21. The van der Waals surface area contributed by atoms with Crippen LogP contribution in [0.5, 0.6) is 0 Å². The van der Waals surface area contributed by atoms with Gasteiger partial charge in [-0.1, -0.05) is 114 Å². The maximum absolute atomic E-state index is 13.1. The van der Waals surface area contributed by atoms with E-state index in [4.69, 9.17) is 29.9 Å². The minimum absolute atomic E-state index is 0. The molecule has 5 aromatic carbocycles. The van der Waals surface area contributed by atoms with E-state index in [0.717, 1.165) is 49.8 Å². The largest absolute Gasteiger partial charge is 0.417 e. The number of halogens is 13. The fraction of sp³-hybridized carbons (Fsp3) is 0.462. The van der Waals surface area contributed by atoms with Crippen LogP contribution in [0.1, 0.15) is 154 Å². The van der Waals surface area contributed by atoms with Crippen LogP contribution in [-0.2, 0) is 73.7 Å². The van der Waals surface area contributed by atoms with Crippen molar-refractivity contribution in [3.8, 4) is 0 Å². The second-order valence-corrected chi connectivity index (χ2v) is 24.2. The fourth-order valence-electron chi connectivity index (χ4n) is 10.7. The number of hydrogen-bond acceptors (Lipinski definition) is 12. The molecule has 0 bridgehead atoms. The van der Waals surface area contributed by atoms with E-state index in [0.29, 0.717) is 108 Å². The number of Topliss-reactive ketones (excluding diaryl/α,β-unsaturated/α-hetero) is 3. The molecule has 2 heterocycles. The third-order valence-electron chi connectivity index (χ3n) is 15.5. The van der Waals surface area contributed by atoms with Crippen molar-refractivity contribution in [3.63, 3.8) is 0 Å². The lowest BCUT2D eigenvalue weighted by molar-refractivity contribution is -0.205. The molecule has 92 heavy (non-hydrogen) atoms. The molecule has 6 aliphatic rings. The summed E-state index contributed by atoms with van der Waals surface area (Å²) in [6.45, 7) is 4.25. The molecule has 13 nitrogen and oxygen atoms in total. The number of alkyl halides is 12. The highest BCUT2D eigenvalue weighted by Gasteiger charge is 2.49. The molecule has 0 atom stereocenters. The molecule has 5 N–H and O–H groups in total. The molecule has 27 heteroatoms. The maximum Gasteiger partial charge on any atom is 0.417 e. The van der Waals surface area contributed by atoms with E-state index in [-0.39, 0.29) is 70.5 Å². The summed E-state index contributed by atoms with van der Waals surface area (Å²) >= 11 is 2.81. The molecule has 2 saturated heterocycles. The number of allylic oxidation sites excluding steroid dienone is 2. The Morgan fingerprint density at radius 1 is 0.522 bits per heavy atom. The molecule has 3 saturated carbocycles. The third kappa shape index (κ3) is 23.0. The van der Waals surface area contributed by atoms with Crippen molar-refractivity contribution in [1.29, 1.82) is 0 Å². The zero-order valence-corrected chi connectivity index (χ0v) is 52.0. The number of aliphatic hydroxyl groups excluding tert-OH is 1. The van der Waals surface area contributed by atoms with Crippen molar-refractivity contribution in [2.24, 2.45) is 5.84 Å². The summed E-state index contributed by atoms with van der Waals surface area (Å²) in [6.07, 6.45) is -9.00. The van der Waals surface area contributed by atoms with Crippen molar-refractivity contribution in [3.05, 3.63) is 176 Å². The van der Waals surface area contributed by atoms with Crippen LogP contribution in [0.15, 0.2) is 137 Å². The van der Waals surface area contributed by atoms with Gasteiger partial charge in [-0.3, -0.25) is 20.2 Å². The number of ketones is 3. The average Bonchev–Trinajstić information content (AvgIpc) is 1.10. The van der Waals surface area contributed by atoms with E-state index in [9.17, 15) is 80.6 Å². The van der Waals surface area contributed by atoms with E-state index in [1.165, 1.54) is 66.7 Å². The van der Waals surface area contributed by atoms with Crippen molar-refractivity contribution in [2.45, 2.75) is 163 Å². The van der Waals surface area contributed by atoms with Gasteiger partial charge >= 0.3 is 24.7 Å². The number of carbonyl (C=O) groups excluding carboxylic acids is 3. The maximum atomic E-state index is 13.1. The summed E-state index contributed by atoms with van der Waals surface area (Å²) in [6, 6.07) is 28.1. The van der Waals surface area contributed by atoms with E-state index >= 15 is 0 Å². The Balaban J connectivity index is 0.000000237. The van der Waals surface area contributed by atoms with E-state index in [2.05, 4.69) is 15.9 Å². The van der Waals surface area contributed by atoms with Crippen LogP contribution in [0.25, 0.3) is 5.57 Å². The molecule has 0 aromatic heterocycles. The Kier molecular flexibility index (Phi) is 29.5. The molecule has 2 spiro atoms. The topological polar surface area (TPSA) is 201 Å². The first-order chi connectivity index (χ1) is 42.7. The van der Waals surface area contributed by atoms with Crippen molar-refractivity contribution in [2.75, 3.05) is 33.5 Å². The van der Waals surface area contributed by atoms with Crippen LogP contribution < -0.4 is 10.7 Å². The second-order valence-electron chi connectivity index (χ2n) is 21.7. The monoisotopic (exact) mass is 1400 g/mol. The first-order valence-electron chi connectivity index (χ1n) is 28.8. The Morgan fingerprint density at radius 3 is 1.40 bits per heavy atom. The number of aliphatic hydroxyl groups is 2. The average molecular weight is 1400 g/mol. The molecule has 2 aliphatic heterocycles. The minimum atomic E-state index is -4.47. The third-order valence-corrected chi connectivity index (χ3v) is 17.4. The van der Waals surface area contributed by atoms with Crippen LogP contribution in [0.4, 0.5) is 52.7 Å². The fourth-order valence-corrected chi connectivity index (χ4v) is 11.9. The molecular formula is C65H75BrF12N2O11S. The first-order valence-corrected chi connectivity index (χ1v) is 31.0. The predicted octanol–water partition coefficient (Wildman–Crippen LogP) is 15.7. The first kappa shape index (κ1) is 78.6. The molecule has 5 aromatic rings. The number of benzene rings is 5. The van der Waals surface area contributed by atoms with Crippen LogP contribution >= 0.6 is 15.9 Å². The highest BCUT2D eigenvalue weighted by Crippen LogP contribution is 2.48. The molecule has 4 aliphatic carbocycles. The van der Waals surface area contributed by atoms with E-state index in [1.807, 2.05) is 6.92 Å². The summed E-state index contributed by atoms with van der Waals surface area (Å²) in [5.41, 5.74) is -1.95. The molecule has 0 amide bonds. The van der Waals surface area contributed by atoms with Gasteiger partial charge in [0.1, 0.15) is 17.3 Å². The highest BCUT2D eigenvalue weighted by molar-refractivity contribution is 9.10. The van der Waals surface area contributed by atoms with Gasteiger partial charge in [0, 0.05) is 75.8 Å². The van der Waals surface area contributed by atoms with Crippen LogP contribution in [0, 0.1) is 6.92 Å². The summed E-state index contributed by atoms with van der Waals surface area (Å²) < 4.78 is 196. The number of nitrogens with one attached hydrogen (secondary N) is 1. The normalized spacial score (nSPS) is 18.6. The van der Waals surface area contributed by atoms with Gasteiger partial charge in [-0.2, -0.15) is 57.5 Å². The molecule has 508 valence electrons. The van der Waals surface area contributed by atoms with Crippen LogP contribution in [0.2, 0.25) is 0 Å². The number of sulfonamides is 1. The zero-order valence-electron chi connectivity index (χ0n) is 49.6. The lowest BCUT2D eigenvalue weighted by atomic mass is 9.75. The van der Waals surface area contributed by atoms with Gasteiger partial charge < -0.3 is 29.2 Å². The van der Waals surface area contributed by atoms with Gasteiger partial charge in [-0.05, 0) is 110 Å². The van der Waals surface area contributed by atoms with Gasteiger partial charge in [-0.15, -0.1) is 0 Å². The molecular weight excluding hydrogens is 1320 g/mol. The second kappa shape index (κ2) is 34.5. The Hall–Kier alpha value is -5.88. The smallest absolute Gasteiger partial charge is 0.400 e. The summed E-state index contributed by atoms with van der Waals surface area (Å²) in [5, 5.41) is 17.7. The number of hydrazine groups is 1. The molecule has 0 radical (unpaired) electrons. The number of ether oxygens (including phenoxy) is 4. The Bertz CT molecular complexity index is 3300. The quantitative estimate of drug-likeness (QED) is 0.0738. The van der Waals surface area contributed by atoms with Crippen molar-refractivity contribution in [1.82, 2.24) is 4.83 Å². The van der Waals surface area contributed by atoms with E-state index < -0.39 is 68.4 Å². The van der Waals surface area contributed by atoms with Crippen molar-refractivity contribution >= 4 is 48.9 Å². The van der Waals surface area contributed by atoms with Gasteiger partial charge in [0.25, 0.3) is 10.0 Å². The van der Waals surface area contributed by atoms with Crippen LogP contribution in [0.3, 0.4) is 0 Å². The minimum Gasteiger partial charge on any atom is -0.400 e. The number of rotatable bonds is 5. The number of nitrogens with two attached hydrogens (primary N) is 1. The molecule has 11 rings (SSSR count). The lowest BCUT2D eigenvalue weighted by Gasteiger charge is -2.41. The Morgan fingerprint density at radius 2 is 0.946 bits per heavy atom. The highest BCUT2D eigenvalue weighted by atomic mass is 79.9. The summed E-state index contributed by atoms with van der Waals surface area (Å²) in [7, 11) is -2.49. The predicted molar refractivity (Wildman–Crippen MR) is 322 cm³/mol. The zero-order chi connectivity index (χ0) is 67.5. The van der Waals surface area contributed by atoms with Crippen molar-refractivity contribution < 1.29 is 105 Å². The number of hydrogen-bond donors (Lipinski definition) is 4. The van der Waals surface area contributed by atoms with Gasteiger partial charge in [0.2, 0.25) is 0 Å². The molecule has 5 fully saturated rings. The van der Waals surface area contributed by atoms with Crippen LogP contribution in [-0.4, -0.2) is 81.1 Å². The van der Waals surface area contributed by atoms with Gasteiger partial charge in [0.15, 0.2) is 11.6 Å². The van der Waals surface area contributed by atoms with Gasteiger partial charge in [-0.25, -0.2) is 8.42 Å². The molecule has 0 unspecified atom stereocenters. The van der Waals surface area contributed by atoms with E-state index in [1.54, 1.807) is 41.2 Å². The standard InChI is InChI=1S/C15H17F3O3.C13H13F3O.C13H11F3O.C8H12O3.C7H4BrF3.C7H10N2O2S.CH4O.CH4/c16-15(17,18)12-4-2-1-3-11(12)13(19)5-7-14(8-6-13)20-9-10-21-14;2*14-13(15,16)12-4-2-1-3-11(12)9-5-7-10(17)8-6-9;9-7-1-3-8(4-2-7)10-5-6-11-8;8-6-4-2-1-3-5(6)7(9,10)11;1-6-2-4-7(5-3-6)12(10,11)9-8;1-2;/h1-4,19H,5-10H2;1-4,9H,5-8H2;1-5H,6-8H2;1-6H2;1-4H;2-5,9H,8H2,1H3;2H,1H3;1H4. The SMILES string of the molecule is C.CO.Cc1ccc(S(=O)(=O)NN)cc1.FC(F)(F)c1ccccc1Br.O=C1CC=C(c2ccccc2C(F)(F)F)CC1.O=C1CCC(c2ccccc2C(F)(F)F)CC1.O=C1CCC2(CC1)OCCO2.OC1(c2ccccc2C(F)(F)F)CCC2(CC1)OCCO2. The van der Waals surface area contributed by atoms with Gasteiger partial charge in [0.05, 0.1) is 59.2 Å². The lowest BCUT2D eigenvalue weighted by Crippen LogP contribution is -2.42. The Labute approximate surface area is 535 Å². The number of aryl methyl sites for hydroxylation is 1. The number of carbonyl (C=O) groups is 3.